The quantitative estimate of drug-likeness (QED) is 0.375. The number of rotatable bonds is 5. The Labute approximate surface area is 230 Å². The Kier molecular flexibility index (Phi) is 5.44. The summed E-state index contributed by atoms with van der Waals surface area (Å²) >= 11 is 0. The zero-order valence-corrected chi connectivity index (χ0v) is 22.1. The third kappa shape index (κ3) is 3.82. The van der Waals surface area contributed by atoms with Crippen molar-refractivity contribution in [2.45, 2.75) is 49.5 Å². The molecule has 2 bridgehead atoms. The molecule has 3 aromatic carbocycles. The van der Waals surface area contributed by atoms with Crippen LogP contribution in [0.1, 0.15) is 25.7 Å². The molecule has 0 aliphatic carbocycles. The predicted molar refractivity (Wildman–Crippen MR) is 150 cm³/mol. The maximum Gasteiger partial charge on any atom is 0.319 e. The Hall–Kier alpha value is -3.56. The van der Waals surface area contributed by atoms with Crippen LogP contribution in [0.25, 0.3) is 32.8 Å². The van der Waals surface area contributed by atoms with Gasteiger partial charge in [0.2, 0.25) is 0 Å². The highest BCUT2D eigenvalue weighted by Crippen LogP contribution is 2.42. The molecular formula is C31H31F2N5O2. The van der Waals surface area contributed by atoms with E-state index in [0.717, 1.165) is 49.7 Å². The number of halogens is 2. The number of nitrogens with zero attached hydrogens (tertiary/aromatic N) is 4. The van der Waals surface area contributed by atoms with Gasteiger partial charge in [-0.2, -0.15) is 9.97 Å². The Morgan fingerprint density at radius 1 is 1.02 bits per heavy atom. The molecule has 5 aliphatic heterocycles. The number of piperazine rings is 1. The van der Waals surface area contributed by atoms with Crippen LogP contribution in [0.4, 0.5) is 14.6 Å². The molecule has 5 saturated heterocycles. The van der Waals surface area contributed by atoms with Gasteiger partial charge in [0.05, 0.1) is 5.54 Å². The summed E-state index contributed by atoms with van der Waals surface area (Å²) in [5.74, 6) is 0.258. The fraction of sp³-hybridized carbons (Fsp3) is 0.419. The second kappa shape index (κ2) is 8.97. The van der Waals surface area contributed by atoms with Crippen LogP contribution < -0.4 is 15.0 Å². The van der Waals surface area contributed by atoms with E-state index >= 15 is 4.39 Å². The van der Waals surface area contributed by atoms with E-state index in [1.807, 2.05) is 30.3 Å². The number of aromatic nitrogens is 2. The number of phenolic OH excluding ortho intramolecular Hbond substituents is 1. The van der Waals surface area contributed by atoms with Crippen LogP contribution in [-0.2, 0) is 0 Å². The number of anilines is 1. The minimum atomic E-state index is -0.860. The Bertz CT molecular complexity index is 1630. The van der Waals surface area contributed by atoms with Crippen molar-refractivity contribution in [2.75, 3.05) is 37.7 Å². The van der Waals surface area contributed by atoms with Gasteiger partial charge in [0.1, 0.15) is 29.9 Å². The van der Waals surface area contributed by atoms with Crippen molar-refractivity contribution in [2.24, 2.45) is 0 Å². The molecule has 0 amide bonds. The van der Waals surface area contributed by atoms with Crippen LogP contribution >= 0.6 is 0 Å². The van der Waals surface area contributed by atoms with Gasteiger partial charge in [-0.25, -0.2) is 8.78 Å². The molecule has 5 fully saturated rings. The van der Waals surface area contributed by atoms with Crippen molar-refractivity contribution in [3.8, 4) is 22.9 Å². The molecule has 9 rings (SSSR count). The molecular weight excluding hydrogens is 512 g/mol. The molecule has 6 heterocycles. The summed E-state index contributed by atoms with van der Waals surface area (Å²) in [6.07, 6.45) is 2.60. The summed E-state index contributed by atoms with van der Waals surface area (Å²) in [6.45, 7) is 3.15. The minimum absolute atomic E-state index is 0.0729. The van der Waals surface area contributed by atoms with Crippen LogP contribution in [0.2, 0.25) is 0 Å². The lowest BCUT2D eigenvalue weighted by Crippen LogP contribution is -2.67. The smallest absolute Gasteiger partial charge is 0.319 e. The molecule has 0 saturated carbocycles. The summed E-state index contributed by atoms with van der Waals surface area (Å²) < 4.78 is 37.1. The summed E-state index contributed by atoms with van der Waals surface area (Å²) in [7, 11) is 0. The van der Waals surface area contributed by atoms with Crippen molar-refractivity contribution < 1.29 is 18.6 Å². The van der Waals surface area contributed by atoms with Crippen LogP contribution in [0.15, 0.2) is 48.5 Å². The molecule has 2 N–H and O–H groups in total. The standard InChI is InChI=1S/C31H31F2N5O2/c32-19-13-31(8-3-9-38(31)14-19)17-40-30-35-28-25(29(36-30)37-15-20-11-21(16-37)34-20)7-6-24(27(28)33)26-12-22(39)10-18-4-1-2-5-23(18)26/h1-2,4-7,10,12,19-21,34,39H,3,8-9,11,13-17H2/t19-,20?,21?,31+/m1/s1. The van der Waals surface area contributed by atoms with Crippen LogP contribution in [-0.4, -0.2) is 76.6 Å². The number of piperidine rings is 1. The third-order valence-corrected chi connectivity index (χ3v) is 9.36. The normalized spacial score (nSPS) is 27.8. The Morgan fingerprint density at radius 2 is 1.85 bits per heavy atom. The van der Waals surface area contributed by atoms with Crippen molar-refractivity contribution in [3.05, 3.63) is 54.3 Å². The number of nitrogens with one attached hydrogen (secondary N) is 1. The first kappa shape index (κ1) is 24.3. The van der Waals surface area contributed by atoms with E-state index in [9.17, 15) is 9.50 Å². The first-order valence-electron chi connectivity index (χ1n) is 14.2. The SMILES string of the molecule is Oc1cc(-c2ccc3c(N4CC5CC(C4)N5)nc(OC[C@@]45CCCN4C[C@H](F)C5)nc3c2F)c2ccccc2c1. The molecule has 5 aliphatic rings. The maximum absolute atomic E-state index is 16.5. The van der Waals surface area contributed by atoms with E-state index in [0.29, 0.717) is 47.4 Å². The largest absolute Gasteiger partial charge is 0.508 e. The third-order valence-electron chi connectivity index (χ3n) is 9.36. The second-order valence-corrected chi connectivity index (χ2v) is 11.9. The Morgan fingerprint density at radius 3 is 2.70 bits per heavy atom. The Balaban J connectivity index is 1.24. The zero-order chi connectivity index (χ0) is 27.0. The number of aromatic hydroxyl groups is 1. The maximum atomic E-state index is 16.5. The number of benzene rings is 3. The molecule has 7 nitrogen and oxygen atoms in total. The van der Waals surface area contributed by atoms with E-state index in [-0.39, 0.29) is 29.4 Å². The highest BCUT2D eigenvalue weighted by Gasteiger charge is 2.49. The fourth-order valence-electron chi connectivity index (χ4n) is 7.49. The van der Waals surface area contributed by atoms with E-state index in [1.54, 1.807) is 18.2 Å². The van der Waals surface area contributed by atoms with Gasteiger partial charge < -0.3 is 20.1 Å². The van der Waals surface area contributed by atoms with E-state index in [2.05, 4.69) is 20.1 Å². The lowest BCUT2D eigenvalue weighted by molar-refractivity contribution is 0.107. The highest BCUT2D eigenvalue weighted by atomic mass is 19.1. The minimum Gasteiger partial charge on any atom is -0.508 e. The number of fused-ring (bicyclic) bond motifs is 5. The van der Waals surface area contributed by atoms with Crippen molar-refractivity contribution in [1.29, 1.82) is 0 Å². The van der Waals surface area contributed by atoms with Gasteiger partial charge in [-0.15, -0.1) is 0 Å². The van der Waals surface area contributed by atoms with Gasteiger partial charge in [-0.05, 0) is 60.3 Å². The highest BCUT2D eigenvalue weighted by molar-refractivity contribution is 6.01. The van der Waals surface area contributed by atoms with Crippen molar-refractivity contribution in [1.82, 2.24) is 20.2 Å². The number of ether oxygens (including phenoxy) is 1. The molecule has 206 valence electrons. The second-order valence-electron chi connectivity index (χ2n) is 11.9. The lowest BCUT2D eigenvalue weighted by atomic mass is 9.91. The topological polar surface area (TPSA) is 73.8 Å². The monoisotopic (exact) mass is 543 g/mol. The number of hydrogen-bond acceptors (Lipinski definition) is 7. The average Bonchev–Trinajstić information content (AvgIpc) is 3.47. The van der Waals surface area contributed by atoms with E-state index in [1.165, 1.54) is 0 Å². The molecule has 9 heteroatoms. The first-order chi connectivity index (χ1) is 19.5. The van der Waals surface area contributed by atoms with E-state index in [4.69, 9.17) is 9.72 Å². The van der Waals surface area contributed by atoms with Crippen LogP contribution in [0.3, 0.4) is 0 Å². The first-order valence-corrected chi connectivity index (χ1v) is 14.2. The van der Waals surface area contributed by atoms with Crippen molar-refractivity contribution in [3.63, 3.8) is 0 Å². The molecule has 40 heavy (non-hydrogen) atoms. The molecule has 4 atom stereocenters. The summed E-state index contributed by atoms with van der Waals surface area (Å²) in [6, 6.07) is 15.4. The average molecular weight is 544 g/mol. The van der Waals surface area contributed by atoms with Gasteiger partial charge in [0.15, 0.2) is 5.82 Å². The van der Waals surface area contributed by atoms with Gasteiger partial charge in [-0.1, -0.05) is 30.3 Å². The van der Waals surface area contributed by atoms with Gasteiger partial charge in [-0.3, -0.25) is 4.90 Å². The van der Waals surface area contributed by atoms with Crippen LogP contribution in [0.5, 0.6) is 11.8 Å². The summed E-state index contributed by atoms with van der Waals surface area (Å²) in [5, 5.41) is 16.3. The fourth-order valence-corrected chi connectivity index (χ4v) is 7.49. The number of hydrogen-bond donors (Lipinski definition) is 2. The van der Waals surface area contributed by atoms with Gasteiger partial charge in [0.25, 0.3) is 0 Å². The predicted octanol–water partition coefficient (Wildman–Crippen LogP) is 4.80. The van der Waals surface area contributed by atoms with Crippen molar-refractivity contribution >= 4 is 27.5 Å². The molecule has 4 aromatic rings. The molecule has 0 radical (unpaired) electrons. The lowest BCUT2D eigenvalue weighted by Gasteiger charge is -2.48. The van der Waals surface area contributed by atoms with E-state index < -0.39 is 12.0 Å². The van der Waals surface area contributed by atoms with Crippen LogP contribution in [0, 0.1) is 5.82 Å². The summed E-state index contributed by atoms with van der Waals surface area (Å²) in [4.78, 5) is 13.8. The molecule has 0 spiro atoms. The molecule has 2 unspecified atom stereocenters. The zero-order valence-electron chi connectivity index (χ0n) is 22.1. The van der Waals surface area contributed by atoms with Gasteiger partial charge in [0, 0.05) is 49.1 Å². The van der Waals surface area contributed by atoms with Gasteiger partial charge >= 0.3 is 6.01 Å². The molecule has 1 aromatic heterocycles. The summed E-state index contributed by atoms with van der Waals surface area (Å²) in [5.41, 5.74) is 0.791. The number of alkyl halides is 1. The number of phenols is 1.